The monoisotopic (exact) mass is 379 g/mol. The zero-order valence-electron chi connectivity index (χ0n) is 15.2. The van der Waals surface area contributed by atoms with E-state index in [4.69, 9.17) is 0 Å². The van der Waals surface area contributed by atoms with E-state index in [0.29, 0.717) is 25.5 Å². The highest BCUT2D eigenvalue weighted by Gasteiger charge is 2.34. The third-order valence-electron chi connectivity index (χ3n) is 5.08. The predicted molar refractivity (Wildman–Crippen MR) is 103 cm³/mol. The summed E-state index contributed by atoms with van der Waals surface area (Å²) in [5.41, 5.74) is 3.33. The SMILES string of the molecule is O=C(O)[C@@H]1CN(c2nnnn2Cc2ccc(-c3ccccc3)cc2)CC[C@H]1O. The lowest BCUT2D eigenvalue weighted by Gasteiger charge is -2.34. The minimum absolute atomic E-state index is 0.184. The Kier molecular flexibility index (Phi) is 5.03. The van der Waals surface area contributed by atoms with E-state index in [9.17, 15) is 15.0 Å². The van der Waals surface area contributed by atoms with Crippen LogP contribution in [-0.2, 0) is 11.3 Å². The van der Waals surface area contributed by atoms with Crippen molar-refractivity contribution < 1.29 is 15.0 Å². The quantitative estimate of drug-likeness (QED) is 0.695. The van der Waals surface area contributed by atoms with Crippen LogP contribution in [0.3, 0.4) is 0 Å². The molecule has 1 saturated heterocycles. The van der Waals surface area contributed by atoms with Gasteiger partial charge in [-0.3, -0.25) is 4.79 Å². The summed E-state index contributed by atoms with van der Waals surface area (Å²) < 4.78 is 1.66. The molecule has 2 N–H and O–H groups in total. The third-order valence-corrected chi connectivity index (χ3v) is 5.08. The van der Waals surface area contributed by atoms with Gasteiger partial charge in [0, 0.05) is 13.1 Å². The minimum Gasteiger partial charge on any atom is -0.481 e. The molecule has 0 spiro atoms. The van der Waals surface area contributed by atoms with E-state index in [2.05, 4.69) is 39.8 Å². The lowest BCUT2D eigenvalue weighted by molar-refractivity contribution is -0.146. The van der Waals surface area contributed by atoms with Crippen molar-refractivity contribution in [3.05, 3.63) is 60.2 Å². The zero-order valence-corrected chi connectivity index (χ0v) is 15.2. The lowest BCUT2D eigenvalue weighted by Crippen LogP contribution is -2.47. The molecule has 1 aliphatic heterocycles. The van der Waals surface area contributed by atoms with Crippen LogP contribution in [0.5, 0.6) is 0 Å². The van der Waals surface area contributed by atoms with E-state index < -0.39 is 18.0 Å². The first-order valence-corrected chi connectivity index (χ1v) is 9.18. The van der Waals surface area contributed by atoms with Crippen LogP contribution < -0.4 is 4.90 Å². The molecular weight excluding hydrogens is 358 g/mol. The maximum Gasteiger partial charge on any atom is 0.310 e. The Hall–Kier alpha value is -3.26. The van der Waals surface area contributed by atoms with Crippen molar-refractivity contribution in [2.24, 2.45) is 5.92 Å². The summed E-state index contributed by atoms with van der Waals surface area (Å²) in [7, 11) is 0. The van der Waals surface area contributed by atoms with Crippen LogP contribution in [0.2, 0.25) is 0 Å². The number of hydrogen-bond acceptors (Lipinski definition) is 6. The van der Waals surface area contributed by atoms with Gasteiger partial charge < -0.3 is 15.1 Å². The molecule has 0 radical (unpaired) electrons. The van der Waals surface area contributed by atoms with Gasteiger partial charge >= 0.3 is 5.97 Å². The summed E-state index contributed by atoms with van der Waals surface area (Å²) >= 11 is 0. The summed E-state index contributed by atoms with van der Waals surface area (Å²) in [6.07, 6.45) is -0.473. The van der Waals surface area contributed by atoms with E-state index in [1.165, 1.54) is 0 Å². The fourth-order valence-corrected chi connectivity index (χ4v) is 3.50. The molecule has 0 unspecified atom stereocenters. The number of nitrogens with zero attached hydrogens (tertiary/aromatic N) is 5. The maximum atomic E-state index is 11.4. The standard InChI is InChI=1S/C20H21N5O3/c26-18-10-11-24(13-17(18)19(27)28)20-21-22-23-25(20)12-14-6-8-16(9-7-14)15-4-2-1-3-5-15/h1-9,17-18,26H,10-13H2,(H,27,28)/t17-,18-/m1/s1. The first kappa shape index (κ1) is 18.1. The molecule has 144 valence electrons. The van der Waals surface area contributed by atoms with Gasteiger partial charge in [0.2, 0.25) is 5.95 Å². The van der Waals surface area contributed by atoms with Crippen LogP contribution in [0, 0.1) is 5.92 Å². The summed E-state index contributed by atoms with van der Waals surface area (Å²) in [4.78, 5) is 13.2. The van der Waals surface area contributed by atoms with Crippen LogP contribution >= 0.6 is 0 Å². The number of aliphatic hydroxyl groups excluding tert-OH is 1. The fourth-order valence-electron chi connectivity index (χ4n) is 3.50. The van der Waals surface area contributed by atoms with Crippen molar-refractivity contribution in [2.45, 2.75) is 19.1 Å². The molecule has 1 fully saturated rings. The number of aliphatic carboxylic acids is 1. The van der Waals surface area contributed by atoms with E-state index in [0.717, 1.165) is 16.7 Å². The molecule has 8 nitrogen and oxygen atoms in total. The topological polar surface area (TPSA) is 104 Å². The Morgan fingerprint density at radius 2 is 1.79 bits per heavy atom. The smallest absolute Gasteiger partial charge is 0.310 e. The molecule has 0 aliphatic carbocycles. The van der Waals surface area contributed by atoms with Crippen molar-refractivity contribution in [1.29, 1.82) is 0 Å². The van der Waals surface area contributed by atoms with Gasteiger partial charge in [0.15, 0.2) is 0 Å². The van der Waals surface area contributed by atoms with Gasteiger partial charge in [-0.15, -0.1) is 0 Å². The van der Waals surface area contributed by atoms with Gasteiger partial charge in [0.25, 0.3) is 0 Å². The van der Waals surface area contributed by atoms with Gasteiger partial charge in [0.1, 0.15) is 5.92 Å². The van der Waals surface area contributed by atoms with Crippen LogP contribution in [0.4, 0.5) is 5.95 Å². The molecule has 8 heteroatoms. The number of benzene rings is 2. The average Bonchev–Trinajstić information content (AvgIpc) is 3.17. The Labute approximate surface area is 162 Å². The first-order chi connectivity index (χ1) is 13.6. The molecule has 1 aromatic heterocycles. The zero-order chi connectivity index (χ0) is 19.5. The molecule has 3 aromatic rings. The summed E-state index contributed by atoms with van der Waals surface area (Å²) in [5, 5.41) is 31.1. The van der Waals surface area contributed by atoms with Gasteiger partial charge in [-0.25, -0.2) is 4.68 Å². The number of aromatic nitrogens is 4. The lowest BCUT2D eigenvalue weighted by atomic mass is 9.95. The number of tetrazole rings is 1. The van der Waals surface area contributed by atoms with Crippen LogP contribution in [-0.4, -0.2) is 55.6 Å². The van der Waals surface area contributed by atoms with E-state index in [1.54, 1.807) is 4.68 Å². The van der Waals surface area contributed by atoms with E-state index >= 15 is 0 Å². The molecule has 2 heterocycles. The van der Waals surface area contributed by atoms with Crippen molar-refractivity contribution in [2.75, 3.05) is 18.0 Å². The average molecular weight is 379 g/mol. The second kappa shape index (κ2) is 7.77. The number of carboxylic acid groups (broad SMARTS) is 1. The third kappa shape index (κ3) is 3.72. The molecule has 28 heavy (non-hydrogen) atoms. The van der Waals surface area contributed by atoms with Crippen LogP contribution in [0.15, 0.2) is 54.6 Å². The Morgan fingerprint density at radius 3 is 2.50 bits per heavy atom. The largest absolute Gasteiger partial charge is 0.481 e. The van der Waals surface area contributed by atoms with Crippen molar-refractivity contribution in [3.63, 3.8) is 0 Å². The molecule has 1 aliphatic rings. The van der Waals surface area contributed by atoms with Crippen molar-refractivity contribution >= 4 is 11.9 Å². The van der Waals surface area contributed by atoms with Gasteiger partial charge in [-0.1, -0.05) is 59.7 Å². The minimum atomic E-state index is -1.01. The molecule has 2 atom stereocenters. The second-order valence-electron chi connectivity index (χ2n) is 6.95. The first-order valence-electron chi connectivity index (χ1n) is 9.18. The predicted octanol–water partition coefficient (Wildman–Crippen LogP) is 1.66. The molecule has 4 rings (SSSR count). The fraction of sp³-hybridized carbons (Fsp3) is 0.300. The van der Waals surface area contributed by atoms with Gasteiger partial charge in [0.05, 0.1) is 12.6 Å². The van der Waals surface area contributed by atoms with E-state index in [1.807, 2.05) is 35.2 Å². The van der Waals surface area contributed by atoms with Crippen LogP contribution in [0.25, 0.3) is 11.1 Å². The number of piperidine rings is 1. The van der Waals surface area contributed by atoms with Gasteiger partial charge in [-0.05, 0) is 33.5 Å². The Morgan fingerprint density at radius 1 is 1.07 bits per heavy atom. The highest BCUT2D eigenvalue weighted by atomic mass is 16.4. The Balaban J connectivity index is 1.50. The van der Waals surface area contributed by atoms with Gasteiger partial charge in [-0.2, -0.15) is 0 Å². The summed E-state index contributed by atoms with van der Waals surface area (Å²) in [6, 6.07) is 18.3. The number of carboxylic acids is 1. The summed E-state index contributed by atoms with van der Waals surface area (Å²) in [6.45, 7) is 1.18. The molecule has 0 saturated carbocycles. The number of rotatable bonds is 5. The molecular formula is C20H21N5O3. The molecule has 2 aromatic carbocycles. The maximum absolute atomic E-state index is 11.4. The number of hydrogen-bond donors (Lipinski definition) is 2. The number of aliphatic hydroxyl groups is 1. The number of carbonyl (C=O) groups is 1. The molecule has 0 amide bonds. The molecule has 0 bridgehead atoms. The summed E-state index contributed by atoms with van der Waals surface area (Å²) in [5.74, 6) is -1.33. The van der Waals surface area contributed by atoms with Crippen LogP contribution in [0.1, 0.15) is 12.0 Å². The Bertz CT molecular complexity index is 942. The second-order valence-corrected chi connectivity index (χ2v) is 6.95. The van der Waals surface area contributed by atoms with Crippen molar-refractivity contribution in [1.82, 2.24) is 20.2 Å². The van der Waals surface area contributed by atoms with Crippen molar-refractivity contribution in [3.8, 4) is 11.1 Å². The highest BCUT2D eigenvalue weighted by molar-refractivity contribution is 5.72. The number of anilines is 1. The van der Waals surface area contributed by atoms with E-state index in [-0.39, 0.29) is 6.54 Å². The highest BCUT2D eigenvalue weighted by Crippen LogP contribution is 2.23. The normalized spacial score (nSPS) is 19.5.